The zero-order valence-electron chi connectivity index (χ0n) is 14.2. The van der Waals surface area contributed by atoms with E-state index in [0.29, 0.717) is 24.9 Å². The van der Waals surface area contributed by atoms with E-state index in [9.17, 15) is 18.0 Å². The predicted octanol–water partition coefficient (Wildman–Crippen LogP) is 4.09. The maximum absolute atomic E-state index is 12.8. The first-order valence-electron chi connectivity index (χ1n) is 8.95. The van der Waals surface area contributed by atoms with Gasteiger partial charge in [0.15, 0.2) is 0 Å². The molecule has 0 atom stereocenters. The zero-order chi connectivity index (χ0) is 18.3. The molecular weight excluding hydrogens is 343 g/mol. The van der Waals surface area contributed by atoms with Gasteiger partial charge in [0.05, 0.1) is 17.8 Å². The molecule has 26 heavy (non-hydrogen) atoms. The molecule has 0 saturated heterocycles. The molecule has 2 saturated carbocycles. The number of carbonyl (C=O) groups is 1. The predicted molar refractivity (Wildman–Crippen MR) is 90.0 cm³/mol. The fourth-order valence-corrected chi connectivity index (χ4v) is 3.13. The molecule has 1 heterocycles. The second kappa shape index (κ2) is 6.45. The van der Waals surface area contributed by atoms with Crippen molar-refractivity contribution < 1.29 is 18.0 Å². The highest BCUT2D eigenvalue weighted by molar-refractivity contribution is 5.94. The minimum atomic E-state index is -4.45. The Balaban J connectivity index is 1.38. The fraction of sp³-hybridized carbons (Fsp3) is 0.474. The Kier molecular flexibility index (Phi) is 4.25. The SMILES string of the molecule is O=C(NCCn1nc(C2CC2)cc1C1CC1)c1cccc(C(F)(F)F)c1. The summed E-state index contributed by atoms with van der Waals surface area (Å²) in [6.45, 7) is 0.865. The van der Waals surface area contributed by atoms with Gasteiger partial charge in [0.25, 0.3) is 5.91 Å². The number of benzene rings is 1. The number of nitrogens with one attached hydrogen (secondary N) is 1. The van der Waals surface area contributed by atoms with E-state index in [0.717, 1.165) is 17.8 Å². The van der Waals surface area contributed by atoms with Crippen molar-refractivity contribution in [2.75, 3.05) is 6.54 Å². The van der Waals surface area contributed by atoms with E-state index in [2.05, 4.69) is 16.5 Å². The second-order valence-corrected chi connectivity index (χ2v) is 7.10. The van der Waals surface area contributed by atoms with Crippen molar-refractivity contribution in [1.29, 1.82) is 0 Å². The van der Waals surface area contributed by atoms with Crippen LogP contribution in [0.2, 0.25) is 0 Å². The lowest BCUT2D eigenvalue weighted by molar-refractivity contribution is -0.137. The molecule has 1 N–H and O–H groups in total. The Hall–Kier alpha value is -2.31. The standard InChI is InChI=1S/C19H20F3N3O/c20-19(21,22)15-3-1-2-14(10-15)18(26)23-8-9-25-17(13-6-7-13)11-16(24-25)12-4-5-12/h1-3,10-13H,4-9H2,(H,23,26). The normalized spacial score (nSPS) is 17.3. The number of amides is 1. The summed E-state index contributed by atoms with van der Waals surface area (Å²) in [5.41, 5.74) is 1.56. The van der Waals surface area contributed by atoms with E-state index in [1.807, 2.05) is 4.68 Å². The third kappa shape index (κ3) is 3.76. The van der Waals surface area contributed by atoms with Crippen molar-refractivity contribution >= 4 is 5.91 Å². The van der Waals surface area contributed by atoms with E-state index >= 15 is 0 Å². The molecule has 1 aromatic heterocycles. The van der Waals surface area contributed by atoms with E-state index in [1.165, 1.54) is 43.5 Å². The monoisotopic (exact) mass is 363 g/mol. The summed E-state index contributed by atoms with van der Waals surface area (Å²) in [6, 6.07) is 6.66. The smallest absolute Gasteiger partial charge is 0.350 e. The van der Waals surface area contributed by atoms with Gasteiger partial charge in [-0.1, -0.05) is 6.07 Å². The third-order valence-corrected chi connectivity index (χ3v) is 4.88. The number of aromatic nitrogens is 2. The highest BCUT2D eigenvalue weighted by Crippen LogP contribution is 2.44. The molecule has 1 amide bonds. The Morgan fingerprint density at radius 3 is 2.54 bits per heavy atom. The Morgan fingerprint density at radius 1 is 1.15 bits per heavy atom. The van der Waals surface area contributed by atoms with Gasteiger partial charge < -0.3 is 5.32 Å². The molecule has 0 unspecified atom stereocenters. The minimum absolute atomic E-state index is 0.0152. The first kappa shape index (κ1) is 17.1. The molecule has 1 aromatic carbocycles. The van der Waals surface area contributed by atoms with Crippen molar-refractivity contribution in [2.45, 2.75) is 50.2 Å². The number of hydrogen-bond donors (Lipinski definition) is 1. The average Bonchev–Trinajstić information content (AvgIpc) is 3.53. The Morgan fingerprint density at radius 2 is 1.88 bits per heavy atom. The number of rotatable bonds is 6. The van der Waals surface area contributed by atoms with E-state index in [-0.39, 0.29) is 5.56 Å². The van der Waals surface area contributed by atoms with E-state index in [1.54, 1.807) is 0 Å². The van der Waals surface area contributed by atoms with Crippen molar-refractivity contribution in [3.05, 3.63) is 52.8 Å². The van der Waals surface area contributed by atoms with Crippen LogP contribution >= 0.6 is 0 Å². The van der Waals surface area contributed by atoms with Gasteiger partial charge in [0, 0.05) is 29.6 Å². The molecule has 0 spiro atoms. The molecule has 0 radical (unpaired) electrons. The molecular formula is C19H20F3N3O. The van der Waals surface area contributed by atoms with Crippen LogP contribution < -0.4 is 5.32 Å². The minimum Gasteiger partial charge on any atom is -0.350 e. The second-order valence-electron chi connectivity index (χ2n) is 7.10. The van der Waals surface area contributed by atoms with Crippen LogP contribution in [0, 0.1) is 0 Å². The van der Waals surface area contributed by atoms with Crippen LogP contribution in [-0.2, 0) is 12.7 Å². The van der Waals surface area contributed by atoms with Crippen LogP contribution in [0.5, 0.6) is 0 Å². The number of carbonyl (C=O) groups excluding carboxylic acids is 1. The topological polar surface area (TPSA) is 46.9 Å². The first-order valence-corrected chi connectivity index (χ1v) is 8.95. The van der Waals surface area contributed by atoms with Crippen molar-refractivity contribution in [3.8, 4) is 0 Å². The zero-order valence-corrected chi connectivity index (χ0v) is 14.2. The molecule has 2 aliphatic rings. The lowest BCUT2D eigenvalue weighted by Crippen LogP contribution is -2.28. The maximum Gasteiger partial charge on any atom is 0.416 e. The summed E-state index contributed by atoms with van der Waals surface area (Å²) < 4.78 is 40.2. The third-order valence-electron chi connectivity index (χ3n) is 4.88. The highest BCUT2D eigenvalue weighted by Gasteiger charge is 2.33. The van der Waals surface area contributed by atoms with Crippen LogP contribution in [-0.4, -0.2) is 22.2 Å². The van der Waals surface area contributed by atoms with Crippen LogP contribution in [0.3, 0.4) is 0 Å². The number of hydrogen-bond acceptors (Lipinski definition) is 2. The van der Waals surface area contributed by atoms with Gasteiger partial charge >= 0.3 is 6.18 Å². The quantitative estimate of drug-likeness (QED) is 0.840. The van der Waals surface area contributed by atoms with Crippen LogP contribution in [0.25, 0.3) is 0 Å². The summed E-state index contributed by atoms with van der Waals surface area (Å²) in [5.74, 6) is 0.640. The van der Waals surface area contributed by atoms with E-state index in [4.69, 9.17) is 0 Å². The number of nitrogens with zero attached hydrogens (tertiary/aromatic N) is 2. The Bertz CT molecular complexity index is 820. The molecule has 7 heteroatoms. The maximum atomic E-state index is 12.8. The average molecular weight is 363 g/mol. The molecule has 0 bridgehead atoms. The summed E-state index contributed by atoms with van der Waals surface area (Å²) in [5, 5.41) is 7.37. The van der Waals surface area contributed by atoms with Gasteiger partial charge in [-0.15, -0.1) is 0 Å². The van der Waals surface area contributed by atoms with Gasteiger partial charge in [-0.3, -0.25) is 9.48 Å². The molecule has 138 valence electrons. The summed E-state index contributed by atoms with van der Waals surface area (Å²) in [7, 11) is 0. The van der Waals surface area contributed by atoms with Crippen molar-refractivity contribution in [3.63, 3.8) is 0 Å². The lowest BCUT2D eigenvalue weighted by Gasteiger charge is -2.10. The van der Waals surface area contributed by atoms with E-state index < -0.39 is 17.6 Å². The summed E-state index contributed by atoms with van der Waals surface area (Å²) in [4.78, 5) is 12.2. The van der Waals surface area contributed by atoms with Crippen LogP contribution in [0.15, 0.2) is 30.3 Å². The molecule has 2 fully saturated rings. The highest BCUT2D eigenvalue weighted by atomic mass is 19.4. The molecule has 0 aliphatic heterocycles. The number of halogens is 3. The van der Waals surface area contributed by atoms with Gasteiger partial charge in [-0.25, -0.2) is 0 Å². The van der Waals surface area contributed by atoms with Crippen molar-refractivity contribution in [1.82, 2.24) is 15.1 Å². The summed E-state index contributed by atoms with van der Waals surface area (Å²) >= 11 is 0. The van der Waals surface area contributed by atoms with Gasteiger partial charge in [-0.05, 0) is 49.9 Å². The molecule has 2 aliphatic carbocycles. The van der Waals surface area contributed by atoms with Crippen molar-refractivity contribution in [2.24, 2.45) is 0 Å². The number of alkyl halides is 3. The van der Waals surface area contributed by atoms with Crippen LogP contribution in [0.4, 0.5) is 13.2 Å². The van der Waals surface area contributed by atoms with Crippen LogP contribution in [0.1, 0.15) is 64.8 Å². The lowest BCUT2D eigenvalue weighted by atomic mass is 10.1. The summed E-state index contributed by atoms with van der Waals surface area (Å²) in [6.07, 6.45) is 0.267. The van der Waals surface area contributed by atoms with Gasteiger partial charge in [-0.2, -0.15) is 18.3 Å². The molecule has 4 rings (SSSR count). The fourth-order valence-electron chi connectivity index (χ4n) is 3.13. The Labute approximate surface area is 149 Å². The first-order chi connectivity index (χ1) is 12.4. The van der Waals surface area contributed by atoms with Gasteiger partial charge in [0.2, 0.25) is 0 Å². The molecule has 2 aromatic rings. The molecule has 4 nitrogen and oxygen atoms in total. The largest absolute Gasteiger partial charge is 0.416 e. The van der Waals surface area contributed by atoms with Gasteiger partial charge in [0.1, 0.15) is 0 Å².